The lowest BCUT2D eigenvalue weighted by atomic mass is 10.0. The summed E-state index contributed by atoms with van der Waals surface area (Å²) < 4.78 is 14.0. The lowest BCUT2D eigenvalue weighted by Gasteiger charge is -2.07. The predicted octanol–water partition coefficient (Wildman–Crippen LogP) is 4.47. The summed E-state index contributed by atoms with van der Waals surface area (Å²) >= 11 is 0. The molecule has 0 unspecified atom stereocenters. The van der Waals surface area contributed by atoms with Gasteiger partial charge < -0.3 is 5.32 Å². The van der Waals surface area contributed by atoms with Gasteiger partial charge in [0.25, 0.3) is 0 Å². The maximum absolute atomic E-state index is 14.0. The van der Waals surface area contributed by atoms with Crippen molar-refractivity contribution in [2.45, 2.75) is 6.54 Å². The van der Waals surface area contributed by atoms with Crippen LogP contribution in [0.2, 0.25) is 0 Å². The summed E-state index contributed by atoms with van der Waals surface area (Å²) in [6, 6.07) is 22.4. The van der Waals surface area contributed by atoms with Crippen molar-refractivity contribution in [2.24, 2.45) is 0 Å². The summed E-state index contributed by atoms with van der Waals surface area (Å²) in [6.45, 7) is 0.360. The first-order valence-electron chi connectivity index (χ1n) is 7.41. The van der Waals surface area contributed by atoms with E-state index in [4.69, 9.17) is 0 Å². The molecule has 0 aliphatic rings. The molecule has 0 bridgehead atoms. The van der Waals surface area contributed by atoms with Gasteiger partial charge in [-0.05, 0) is 16.3 Å². The van der Waals surface area contributed by atoms with Crippen LogP contribution in [0.15, 0.2) is 78.9 Å². The molecule has 0 aliphatic carbocycles. The second-order valence-corrected chi connectivity index (χ2v) is 5.21. The second-order valence-electron chi connectivity index (χ2n) is 5.21. The number of carbonyl (C=O) groups excluding carboxylic acids is 1. The summed E-state index contributed by atoms with van der Waals surface area (Å²) in [4.78, 5) is 11.9. The van der Waals surface area contributed by atoms with Gasteiger partial charge in [0, 0.05) is 18.2 Å². The van der Waals surface area contributed by atoms with Crippen LogP contribution in [0.1, 0.15) is 11.1 Å². The lowest BCUT2D eigenvalue weighted by Crippen LogP contribution is -2.20. The minimum atomic E-state index is -0.541. The quantitative estimate of drug-likeness (QED) is 0.708. The summed E-state index contributed by atoms with van der Waals surface area (Å²) in [5.74, 6) is -0.986. The SMILES string of the molecule is O=C(/C=C(\F)c1ccccc1)NCc1cccc2ccccc12. The third-order valence-corrected chi connectivity index (χ3v) is 3.64. The van der Waals surface area contributed by atoms with Gasteiger partial charge in [0.05, 0.1) is 0 Å². The molecular weight excluding hydrogens is 289 g/mol. The first kappa shape index (κ1) is 15.0. The first-order valence-corrected chi connectivity index (χ1v) is 7.41. The van der Waals surface area contributed by atoms with Crippen LogP contribution >= 0.6 is 0 Å². The molecule has 3 rings (SSSR count). The van der Waals surface area contributed by atoms with E-state index < -0.39 is 11.7 Å². The van der Waals surface area contributed by atoms with Crippen molar-refractivity contribution in [3.8, 4) is 0 Å². The number of hydrogen-bond acceptors (Lipinski definition) is 1. The van der Waals surface area contributed by atoms with Gasteiger partial charge >= 0.3 is 0 Å². The molecule has 3 aromatic rings. The first-order chi connectivity index (χ1) is 11.2. The molecule has 23 heavy (non-hydrogen) atoms. The molecule has 114 valence electrons. The Morgan fingerprint density at radius 1 is 0.913 bits per heavy atom. The zero-order chi connectivity index (χ0) is 16.1. The van der Waals surface area contributed by atoms with Crippen molar-refractivity contribution in [1.29, 1.82) is 0 Å². The number of rotatable bonds is 4. The maximum atomic E-state index is 14.0. The smallest absolute Gasteiger partial charge is 0.247 e. The third kappa shape index (κ3) is 3.64. The Labute approximate surface area is 134 Å². The number of fused-ring (bicyclic) bond motifs is 1. The van der Waals surface area contributed by atoms with E-state index in [0.29, 0.717) is 12.1 Å². The van der Waals surface area contributed by atoms with Gasteiger partial charge in [0.1, 0.15) is 5.83 Å². The van der Waals surface area contributed by atoms with Crippen molar-refractivity contribution >= 4 is 22.5 Å². The van der Waals surface area contributed by atoms with E-state index in [1.54, 1.807) is 30.3 Å². The highest BCUT2D eigenvalue weighted by Crippen LogP contribution is 2.18. The summed E-state index contributed by atoms with van der Waals surface area (Å²) in [6.07, 6.45) is 0.987. The van der Waals surface area contributed by atoms with Gasteiger partial charge in [-0.1, -0.05) is 72.8 Å². The van der Waals surface area contributed by atoms with Crippen LogP contribution in [0.25, 0.3) is 16.6 Å². The standard InChI is InChI=1S/C20H16FNO/c21-19(16-8-2-1-3-9-16)13-20(23)22-14-17-11-6-10-15-7-4-5-12-18(15)17/h1-13H,14H2,(H,22,23)/b19-13-. The molecule has 0 fully saturated rings. The molecule has 0 spiro atoms. The molecule has 1 amide bonds. The van der Waals surface area contributed by atoms with Crippen molar-refractivity contribution in [1.82, 2.24) is 5.32 Å². The second kappa shape index (κ2) is 6.88. The number of benzene rings is 3. The van der Waals surface area contributed by atoms with Gasteiger partial charge in [0.15, 0.2) is 0 Å². The van der Waals surface area contributed by atoms with Crippen LogP contribution in [-0.4, -0.2) is 5.91 Å². The molecule has 2 nitrogen and oxygen atoms in total. The van der Waals surface area contributed by atoms with Crippen LogP contribution in [0.4, 0.5) is 4.39 Å². The van der Waals surface area contributed by atoms with Gasteiger partial charge in [-0.2, -0.15) is 0 Å². The van der Waals surface area contributed by atoms with Gasteiger partial charge in [-0.25, -0.2) is 4.39 Å². The molecule has 0 atom stereocenters. The minimum Gasteiger partial charge on any atom is -0.348 e. The summed E-state index contributed by atoms with van der Waals surface area (Å²) in [7, 11) is 0. The molecule has 0 saturated carbocycles. The fourth-order valence-corrected chi connectivity index (χ4v) is 2.48. The van der Waals surface area contributed by atoms with E-state index in [0.717, 1.165) is 22.4 Å². The Balaban J connectivity index is 1.71. The topological polar surface area (TPSA) is 29.1 Å². The normalized spacial score (nSPS) is 11.4. The largest absolute Gasteiger partial charge is 0.348 e. The minimum absolute atomic E-state index is 0.360. The Bertz CT molecular complexity index is 850. The predicted molar refractivity (Wildman–Crippen MR) is 91.3 cm³/mol. The number of carbonyl (C=O) groups is 1. The van der Waals surface area contributed by atoms with Crippen LogP contribution in [0.5, 0.6) is 0 Å². The number of nitrogens with one attached hydrogen (secondary N) is 1. The fourth-order valence-electron chi connectivity index (χ4n) is 2.48. The van der Waals surface area contributed by atoms with Crippen LogP contribution in [0, 0.1) is 0 Å². The lowest BCUT2D eigenvalue weighted by molar-refractivity contribution is -0.116. The van der Waals surface area contributed by atoms with Crippen molar-refractivity contribution in [3.05, 3.63) is 90.0 Å². The number of amides is 1. The number of hydrogen-bond donors (Lipinski definition) is 1. The average molecular weight is 305 g/mol. The summed E-state index contributed by atoms with van der Waals surface area (Å²) in [5, 5.41) is 4.94. The van der Waals surface area contributed by atoms with E-state index in [1.165, 1.54) is 0 Å². The van der Waals surface area contributed by atoms with E-state index in [1.807, 2.05) is 42.5 Å². The van der Waals surface area contributed by atoms with Crippen LogP contribution in [-0.2, 0) is 11.3 Å². The number of halogens is 1. The Morgan fingerprint density at radius 3 is 2.43 bits per heavy atom. The monoisotopic (exact) mass is 305 g/mol. The Hall–Kier alpha value is -2.94. The molecule has 0 heterocycles. The van der Waals surface area contributed by atoms with E-state index in [-0.39, 0.29) is 0 Å². The molecule has 0 aliphatic heterocycles. The van der Waals surface area contributed by atoms with Gasteiger partial charge in [-0.3, -0.25) is 4.79 Å². The fraction of sp³-hybridized carbons (Fsp3) is 0.0500. The van der Waals surface area contributed by atoms with Crippen molar-refractivity contribution in [3.63, 3.8) is 0 Å². The zero-order valence-corrected chi connectivity index (χ0v) is 12.5. The van der Waals surface area contributed by atoms with Gasteiger partial charge in [0.2, 0.25) is 5.91 Å². The highest BCUT2D eigenvalue weighted by Gasteiger charge is 2.05. The molecular formula is C20H16FNO. The summed E-state index contributed by atoms with van der Waals surface area (Å²) in [5.41, 5.74) is 1.40. The molecule has 3 heteroatoms. The highest BCUT2D eigenvalue weighted by molar-refractivity contribution is 5.94. The van der Waals surface area contributed by atoms with E-state index in [2.05, 4.69) is 5.32 Å². The van der Waals surface area contributed by atoms with Crippen LogP contribution < -0.4 is 5.32 Å². The van der Waals surface area contributed by atoms with Crippen molar-refractivity contribution < 1.29 is 9.18 Å². The molecule has 0 aromatic heterocycles. The average Bonchev–Trinajstić information content (AvgIpc) is 2.60. The Morgan fingerprint density at radius 2 is 1.61 bits per heavy atom. The van der Waals surface area contributed by atoms with Crippen LogP contribution in [0.3, 0.4) is 0 Å². The van der Waals surface area contributed by atoms with E-state index in [9.17, 15) is 9.18 Å². The van der Waals surface area contributed by atoms with Gasteiger partial charge in [-0.15, -0.1) is 0 Å². The molecule has 0 radical (unpaired) electrons. The Kier molecular flexibility index (Phi) is 4.48. The third-order valence-electron chi connectivity index (χ3n) is 3.64. The molecule has 3 aromatic carbocycles. The molecule has 1 N–H and O–H groups in total. The van der Waals surface area contributed by atoms with E-state index >= 15 is 0 Å². The zero-order valence-electron chi connectivity index (χ0n) is 12.5. The molecule has 0 saturated heterocycles. The maximum Gasteiger partial charge on any atom is 0.247 e. The highest BCUT2D eigenvalue weighted by atomic mass is 19.1. The van der Waals surface area contributed by atoms with Crippen molar-refractivity contribution in [2.75, 3.05) is 0 Å².